The second-order valence-electron chi connectivity index (χ2n) is 4.27. The van der Waals surface area contributed by atoms with Crippen molar-refractivity contribution in [3.63, 3.8) is 0 Å². The highest BCUT2D eigenvalue weighted by Crippen LogP contribution is 2.36. The van der Waals surface area contributed by atoms with Crippen LogP contribution in [0.5, 0.6) is 17.2 Å². The van der Waals surface area contributed by atoms with Crippen molar-refractivity contribution in [2.24, 2.45) is 0 Å². The van der Waals surface area contributed by atoms with Crippen molar-refractivity contribution in [1.82, 2.24) is 0 Å². The normalized spacial score (nSPS) is 9.95. The van der Waals surface area contributed by atoms with Crippen molar-refractivity contribution >= 4 is 23.9 Å². The first-order valence-corrected chi connectivity index (χ1v) is 6.65. The van der Waals surface area contributed by atoms with E-state index in [9.17, 15) is 9.59 Å². The zero-order valence-electron chi connectivity index (χ0n) is 12.0. The Labute approximate surface area is 132 Å². The molecule has 0 bridgehead atoms. The maximum absolute atomic E-state index is 12.2. The number of hydrogen-bond donors (Lipinski definition) is 0. The van der Waals surface area contributed by atoms with Crippen molar-refractivity contribution < 1.29 is 23.8 Å². The first kappa shape index (κ1) is 15.9. The third-order valence-corrected chi connectivity index (χ3v) is 3.17. The maximum Gasteiger partial charge on any atom is 0.343 e. The van der Waals surface area contributed by atoms with E-state index in [1.165, 1.54) is 26.4 Å². The first-order chi connectivity index (χ1) is 10.6. The number of carbonyl (C=O) groups excluding carboxylic acids is 2. The fourth-order valence-electron chi connectivity index (χ4n) is 1.81. The molecule has 0 N–H and O–H groups in total. The minimum Gasteiger partial charge on any atom is -0.497 e. The average molecular weight is 321 g/mol. The monoisotopic (exact) mass is 320 g/mol. The standard InChI is InChI=1S/C16H13ClO5/c1-20-12-5-3-4-11(8-12)16(19)22-15-13(17)6-10(9-18)7-14(15)21-2/h3-9H,1-2H3. The Hall–Kier alpha value is -2.53. The van der Waals surface area contributed by atoms with Crippen molar-refractivity contribution in [2.45, 2.75) is 0 Å². The van der Waals surface area contributed by atoms with Crippen molar-refractivity contribution in [3.8, 4) is 17.2 Å². The molecule has 0 radical (unpaired) electrons. The Kier molecular flexibility index (Phi) is 5.01. The number of halogens is 1. The molecule has 114 valence electrons. The number of benzene rings is 2. The average Bonchev–Trinajstić information content (AvgIpc) is 2.56. The zero-order chi connectivity index (χ0) is 16.1. The largest absolute Gasteiger partial charge is 0.497 e. The van der Waals surface area contributed by atoms with Crippen molar-refractivity contribution in [1.29, 1.82) is 0 Å². The quantitative estimate of drug-likeness (QED) is 0.480. The fraction of sp³-hybridized carbons (Fsp3) is 0.125. The topological polar surface area (TPSA) is 61.8 Å². The predicted octanol–water partition coefficient (Wildman–Crippen LogP) is 3.39. The first-order valence-electron chi connectivity index (χ1n) is 6.28. The Morgan fingerprint density at radius 1 is 1.14 bits per heavy atom. The minimum atomic E-state index is -0.613. The van der Waals surface area contributed by atoms with Crippen LogP contribution in [0.25, 0.3) is 0 Å². The maximum atomic E-state index is 12.2. The SMILES string of the molecule is COc1cccc(C(=O)Oc2c(Cl)cc(C=O)cc2OC)c1. The van der Waals surface area contributed by atoms with E-state index in [0.29, 0.717) is 23.2 Å². The number of aldehydes is 1. The molecule has 2 aromatic rings. The molecule has 5 nitrogen and oxygen atoms in total. The van der Waals surface area contributed by atoms with Crippen LogP contribution in [0.2, 0.25) is 5.02 Å². The summed E-state index contributed by atoms with van der Waals surface area (Å²) in [5.41, 5.74) is 0.625. The number of rotatable bonds is 5. The highest BCUT2D eigenvalue weighted by Gasteiger charge is 2.17. The summed E-state index contributed by atoms with van der Waals surface area (Å²) in [5.74, 6) is 0.176. The van der Waals surface area contributed by atoms with Gasteiger partial charge in [0.2, 0.25) is 0 Å². The molecule has 0 aromatic heterocycles. The van der Waals surface area contributed by atoms with Crippen LogP contribution in [-0.4, -0.2) is 26.5 Å². The molecule has 0 amide bonds. The van der Waals surface area contributed by atoms with E-state index in [0.717, 1.165) is 0 Å². The number of methoxy groups -OCH3 is 2. The van der Waals surface area contributed by atoms with E-state index in [-0.39, 0.29) is 16.5 Å². The lowest BCUT2D eigenvalue weighted by Gasteiger charge is -2.12. The third-order valence-electron chi connectivity index (χ3n) is 2.89. The highest BCUT2D eigenvalue weighted by atomic mass is 35.5. The van der Waals surface area contributed by atoms with Crippen molar-refractivity contribution in [2.75, 3.05) is 14.2 Å². The molecule has 0 aliphatic heterocycles. The summed E-state index contributed by atoms with van der Waals surface area (Å²) in [6.45, 7) is 0. The second kappa shape index (κ2) is 6.95. The van der Waals surface area contributed by atoms with Gasteiger partial charge in [-0.3, -0.25) is 4.79 Å². The van der Waals surface area contributed by atoms with Gasteiger partial charge in [-0.25, -0.2) is 4.79 Å². The van der Waals surface area contributed by atoms with E-state index >= 15 is 0 Å². The van der Waals surface area contributed by atoms with Gasteiger partial charge in [-0.1, -0.05) is 17.7 Å². The summed E-state index contributed by atoms with van der Waals surface area (Å²) < 4.78 is 15.4. The highest BCUT2D eigenvalue weighted by molar-refractivity contribution is 6.32. The molecule has 0 atom stereocenters. The lowest BCUT2D eigenvalue weighted by Crippen LogP contribution is -2.10. The molecular weight excluding hydrogens is 308 g/mol. The molecule has 0 heterocycles. The van der Waals surface area contributed by atoms with Crippen LogP contribution in [0.4, 0.5) is 0 Å². The molecule has 6 heteroatoms. The van der Waals surface area contributed by atoms with Gasteiger partial charge in [0.1, 0.15) is 12.0 Å². The molecule has 2 aromatic carbocycles. The number of carbonyl (C=O) groups is 2. The predicted molar refractivity (Wildman–Crippen MR) is 81.3 cm³/mol. The molecule has 22 heavy (non-hydrogen) atoms. The number of esters is 1. The molecule has 0 aliphatic rings. The van der Waals surface area contributed by atoms with Crippen LogP contribution < -0.4 is 14.2 Å². The Bertz CT molecular complexity index is 712. The fourth-order valence-corrected chi connectivity index (χ4v) is 2.07. The summed E-state index contributed by atoms with van der Waals surface area (Å²) in [7, 11) is 2.89. The van der Waals surface area contributed by atoms with Gasteiger partial charge < -0.3 is 14.2 Å². The summed E-state index contributed by atoms with van der Waals surface area (Å²) in [6, 6.07) is 9.35. The molecule has 2 rings (SSSR count). The number of ether oxygens (including phenoxy) is 3. The summed E-state index contributed by atoms with van der Waals surface area (Å²) in [6.07, 6.45) is 0.627. The van der Waals surface area contributed by atoms with Crippen LogP contribution in [0.1, 0.15) is 20.7 Å². The molecule has 0 saturated heterocycles. The van der Waals surface area contributed by atoms with Crippen LogP contribution in [0.15, 0.2) is 36.4 Å². The summed E-state index contributed by atoms with van der Waals surface area (Å²) in [5, 5.41) is 0.109. The van der Waals surface area contributed by atoms with Gasteiger partial charge in [0.25, 0.3) is 0 Å². The molecule has 0 saturated carbocycles. The van der Waals surface area contributed by atoms with E-state index in [1.807, 2.05) is 0 Å². The Balaban J connectivity index is 2.33. The van der Waals surface area contributed by atoms with Gasteiger partial charge in [0.15, 0.2) is 11.5 Å². The van der Waals surface area contributed by atoms with Gasteiger partial charge in [-0.05, 0) is 30.3 Å². The Morgan fingerprint density at radius 3 is 2.55 bits per heavy atom. The van der Waals surface area contributed by atoms with Crippen molar-refractivity contribution in [3.05, 3.63) is 52.5 Å². The second-order valence-corrected chi connectivity index (χ2v) is 4.68. The molecule has 0 fully saturated rings. The smallest absolute Gasteiger partial charge is 0.343 e. The molecular formula is C16H13ClO5. The van der Waals surface area contributed by atoms with Crippen LogP contribution >= 0.6 is 11.6 Å². The van der Waals surface area contributed by atoms with Crippen LogP contribution in [0, 0.1) is 0 Å². The van der Waals surface area contributed by atoms with Gasteiger partial charge >= 0.3 is 5.97 Å². The number of hydrogen-bond acceptors (Lipinski definition) is 5. The van der Waals surface area contributed by atoms with E-state index in [2.05, 4.69) is 0 Å². The lowest BCUT2D eigenvalue weighted by atomic mass is 10.2. The van der Waals surface area contributed by atoms with E-state index < -0.39 is 5.97 Å². The van der Waals surface area contributed by atoms with Gasteiger partial charge in [-0.2, -0.15) is 0 Å². The molecule has 0 aliphatic carbocycles. The third kappa shape index (κ3) is 3.38. The van der Waals surface area contributed by atoms with Crippen LogP contribution in [0.3, 0.4) is 0 Å². The zero-order valence-corrected chi connectivity index (χ0v) is 12.7. The lowest BCUT2D eigenvalue weighted by molar-refractivity contribution is 0.0729. The van der Waals surface area contributed by atoms with Gasteiger partial charge in [0, 0.05) is 5.56 Å². The van der Waals surface area contributed by atoms with E-state index in [4.69, 9.17) is 25.8 Å². The van der Waals surface area contributed by atoms with Gasteiger partial charge in [0.05, 0.1) is 24.8 Å². The minimum absolute atomic E-state index is 0.0580. The summed E-state index contributed by atoms with van der Waals surface area (Å²) >= 11 is 6.04. The Morgan fingerprint density at radius 2 is 1.91 bits per heavy atom. The summed E-state index contributed by atoms with van der Waals surface area (Å²) in [4.78, 5) is 23.0. The van der Waals surface area contributed by atoms with E-state index in [1.54, 1.807) is 24.3 Å². The molecule has 0 unspecified atom stereocenters. The van der Waals surface area contributed by atoms with Gasteiger partial charge in [-0.15, -0.1) is 0 Å². The van der Waals surface area contributed by atoms with Crippen LogP contribution in [-0.2, 0) is 0 Å². The molecule has 0 spiro atoms.